The summed E-state index contributed by atoms with van der Waals surface area (Å²) in [6.45, 7) is 1.29. The van der Waals surface area contributed by atoms with E-state index in [-0.39, 0.29) is 18.4 Å². The normalized spacial score (nSPS) is 19.1. The quantitative estimate of drug-likeness (QED) is 0.702. The molecule has 2 amide bonds. The van der Waals surface area contributed by atoms with Crippen LogP contribution in [-0.2, 0) is 9.53 Å². The summed E-state index contributed by atoms with van der Waals surface area (Å²) in [6.07, 6.45) is 0.401. The predicted molar refractivity (Wildman–Crippen MR) is 100 cm³/mol. The van der Waals surface area contributed by atoms with Crippen LogP contribution in [0.1, 0.15) is 16.9 Å². The number of hydrogen-bond donors (Lipinski definition) is 2. The van der Waals surface area contributed by atoms with Gasteiger partial charge in [-0.25, -0.2) is 9.37 Å². The van der Waals surface area contributed by atoms with E-state index in [1.165, 1.54) is 23.5 Å². The zero-order chi connectivity index (χ0) is 19.3. The lowest BCUT2D eigenvalue weighted by molar-refractivity contribution is -0.125. The van der Waals surface area contributed by atoms with E-state index >= 15 is 0 Å². The number of carbonyl (C=O) groups is 2. The number of amides is 2. The van der Waals surface area contributed by atoms with Gasteiger partial charge >= 0.3 is 0 Å². The summed E-state index contributed by atoms with van der Waals surface area (Å²) in [5, 5.41) is 7.65. The fourth-order valence-corrected chi connectivity index (χ4v) is 3.61. The average Bonchev–Trinajstić information content (AvgIpc) is 3.32. The highest BCUT2D eigenvalue weighted by atomic mass is 32.1. The molecular weight excluding hydrogens is 371 g/mol. The van der Waals surface area contributed by atoms with Gasteiger partial charge in [0.1, 0.15) is 17.1 Å². The first-order valence-corrected chi connectivity index (χ1v) is 9.47. The Hall–Kier alpha value is -2.52. The number of thiazole rings is 1. The third-order valence-corrected chi connectivity index (χ3v) is 5.03. The Bertz CT molecular complexity index is 802. The Morgan fingerprint density at radius 3 is 3.00 bits per heavy atom. The number of nitrogens with one attached hydrogen (secondary N) is 2. The van der Waals surface area contributed by atoms with Gasteiger partial charge < -0.3 is 20.3 Å². The Labute approximate surface area is 160 Å². The van der Waals surface area contributed by atoms with Crippen molar-refractivity contribution in [1.29, 1.82) is 0 Å². The van der Waals surface area contributed by atoms with Crippen molar-refractivity contribution in [3.8, 4) is 0 Å². The SMILES string of the molecule is COCCNC(=O)C1(Nc2cccc(F)c2)CCN(C(=O)c2cscn2)C1. The van der Waals surface area contributed by atoms with Gasteiger partial charge in [0.15, 0.2) is 0 Å². The number of likely N-dealkylation sites (tertiary alicyclic amines) is 1. The van der Waals surface area contributed by atoms with Crippen LogP contribution in [-0.4, -0.2) is 60.6 Å². The highest BCUT2D eigenvalue weighted by Gasteiger charge is 2.46. The molecule has 144 valence electrons. The number of aromatic nitrogens is 1. The number of halogens is 1. The Kier molecular flexibility index (Phi) is 6.02. The third kappa shape index (κ3) is 4.42. The smallest absolute Gasteiger partial charge is 0.273 e. The third-order valence-electron chi connectivity index (χ3n) is 4.44. The first-order chi connectivity index (χ1) is 13.0. The molecule has 1 aliphatic rings. The van der Waals surface area contributed by atoms with Gasteiger partial charge in [-0.3, -0.25) is 9.59 Å². The maximum absolute atomic E-state index is 13.6. The van der Waals surface area contributed by atoms with Crippen LogP contribution in [0.4, 0.5) is 10.1 Å². The van der Waals surface area contributed by atoms with Gasteiger partial charge in [0.2, 0.25) is 5.91 Å². The molecule has 1 fully saturated rings. The van der Waals surface area contributed by atoms with Gasteiger partial charge in [-0.1, -0.05) is 6.07 Å². The fraction of sp³-hybridized carbons (Fsp3) is 0.389. The molecule has 9 heteroatoms. The summed E-state index contributed by atoms with van der Waals surface area (Å²) in [6, 6.07) is 5.93. The van der Waals surface area contributed by atoms with E-state index in [9.17, 15) is 14.0 Å². The molecule has 3 rings (SSSR count). The number of rotatable bonds is 7. The van der Waals surface area contributed by atoms with Crippen molar-refractivity contribution in [2.75, 3.05) is 38.7 Å². The second-order valence-corrected chi connectivity index (χ2v) is 7.04. The molecule has 2 N–H and O–H groups in total. The molecule has 27 heavy (non-hydrogen) atoms. The molecule has 0 saturated carbocycles. The molecule has 7 nitrogen and oxygen atoms in total. The maximum Gasteiger partial charge on any atom is 0.273 e. The predicted octanol–water partition coefficient (Wildman–Crippen LogP) is 1.74. The van der Waals surface area contributed by atoms with Crippen LogP contribution >= 0.6 is 11.3 Å². The number of hydrogen-bond acceptors (Lipinski definition) is 6. The molecule has 1 unspecified atom stereocenters. The van der Waals surface area contributed by atoms with Crippen LogP contribution in [0.25, 0.3) is 0 Å². The molecule has 1 saturated heterocycles. The van der Waals surface area contributed by atoms with Gasteiger partial charge in [-0.2, -0.15) is 0 Å². The van der Waals surface area contributed by atoms with Crippen molar-refractivity contribution in [1.82, 2.24) is 15.2 Å². The first kappa shape index (κ1) is 19.2. The maximum atomic E-state index is 13.6. The van der Waals surface area contributed by atoms with E-state index in [1.54, 1.807) is 35.0 Å². The summed E-state index contributed by atoms with van der Waals surface area (Å²) in [5.74, 6) is -0.871. The van der Waals surface area contributed by atoms with Crippen molar-refractivity contribution in [2.45, 2.75) is 12.0 Å². The first-order valence-electron chi connectivity index (χ1n) is 8.52. The van der Waals surface area contributed by atoms with E-state index in [0.29, 0.717) is 37.5 Å². The van der Waals surface area contributed by atoms with Gasteiger partial charge in [0.25, 0.3) is 5.91 Å². The molecule has 0 aliphatic carbocycles. The molecule has 1 aromatic heterocycles. The monoisotopic (exact) mass is 392 g/mol. The van der Waals surface area contributed by atoms with Gasteiger partial charge in [-0.15, -0.1) is 11.3 Å². The van der Waals surface area contributed by atoms with E-state index in [0.717, 1.165) is 0 Å². The van der Waals surface area contributed by atoms with Crippen LogP contribution in [0.3, 0.4) is 0 Å². The second-order valence-electron chi connectivity index (χ2n) is 6.32. The molecule has 2 heterocycles. The Morgan fingerprint density at radius 1 is 1.44 bits per heavy atom. The molecule has 1 atom stereocenters. The zero-order valence-electron chi connectivity index (χ0n) is 14.9. The van der Waals surface area contributed by atoms with Crippen LogP contribution in [0.5, 0.6) is 0 Å². The summed E-state index contributed by atoms with van der Waals surface area (Å²) >= 11 is 1.34. The summed E-state index contributed by atoms with van der Waals surface area (Å²) < 4.78 is 18.6. The largest absolute Gasteiger partial charge is 0.383 e. The zero-order valence-corrected chi connectivity index (χ0v) is 15.7. The average molecular weight is 392 g/mol. The molecule has 0 radical (unpaired) electrons. The summed E-state index contributed by atoms with van der Waals surface area (Å²) in [4.78, 5) is 31.2. The van der Waals surface area contributed by atoms with Gasteiger partial charge in [-0.05, 0) is 24.6 Å². The lowest BCUT2D eigenvalue weighted by Crippen LogP contribution is -2.55. The minimum Gasteiger partial charge on any atom is -0.383 e. The van der Waals surface area contributed by atoms with E-state index < -0.39 is 11.4 Å². The number of carbonyl (C=O) groups excluding carboxylic acids is 2. The van der Waals surface area contributed by atoms with Crippen LogP contribution < -0.4 is 10.6 Å². The summed E-state index contributed by atoms with van der Waals surface area (Å²) in [7, 11) is 1.55. The molecule has 0 spiro atoms. The lowest BCUT2D eigenvalue weighted by Gasteiger charge is -2.30. The number of ether oxygens (including phenoxy) is 1. The van der Waals surface area contributed by atoms with Crippen molar-refractivity contribution in [3.63, 3.8) is 0 Å². The van der Waals surface area contributed by atoms with Crippen LogP contribution in [0, 0.1) is 5.82 Å². The number of nitrogens with zero attached hydrogens (tertiary/aromatic N) is 2. The topological polar surface area (TPSA) is 83.6 Å². The van der Waals surface area contributed by atoms with Gasteiger partial charge in [0.05, 0.1) is 18.7 Å². The second kappa shape index (κ2) is 8.45. The molecule has 0 bridgehead atoms. The Morgan fingerprint density at radius 2 is 2.30 bits per heavy atom. The highest BCUT2D eigenvalue weighted by Crippen LogP contribution is 2.28. The van der Waals surface area contributed by atoms with Crippen LogP contribution in [0.15, 0.2) is 35.2 Å². The molecule has 1 aliphatic heterocycles. The van der Waals surface area contributed by atoms with E-state index in [4.69, 9.17) is 4.74 Å². The highest BCUT2D eigenvalue weighted by molar-refractivity contribution is 7.07. The van der Waals surface area contributed by atoms with Crippen molar-refractivity contribution >= 4 is 28.8 Å². The lowest BCUT2D eigenvalue weighted by atomic mass is 9.96. The summed E-state index contributed by atoms with van der Waals surface area (Å²) in [5.41, 5.74) is 1.40. The minimum atomic E-state index is -1.05. The van der Waals surface area contributed by atoms with Crippen molar-refractivity contribution in [3.05, 3.63) is 46.7 Å². The number of benzene rings is 1. The van der Waals surface area contributed by atoms with Gasteiger partial charge in [0, 0.05) is 31.3 Å². The molecule has 2 aromatic rings. The molecular formula is C18H21FN4O3S. The number of methoxy groups -OCH3 is 1. The molecule has 1 aromatic carbocycles. The number of anilines is 1. The van der Waals surface area contributed by atoms with Crippen molar-refractivity contribution in [2.24, 2.45) is 0 Å². The van der Waals surface area contributed by atoms with Crippen molar-refractivity contribution < 1.29 is 18.7 Å². The minimum absolute atomic E-state index is 0.165. The Balaban J connectivity index is 1.80. The van der Waals surface area contributed by atoms with E-state index in [2.05, 4.69) is 15.6 Å². The van der Waals surface area contributed by atoms with E-state index in [1.807, 2.05) is 0 Å². The fourth-order valence-electron chi connectivity index (χ4n) is 3.09. The van der Waals surface area contributed by atoms with Crippen LogP contribution in [0.2, 0.25) is 0 Å². The standard InChI is InChI=1S/C18H21FN4O3S/c1-26-8-6-20-17(25)18(22-14-4-2-3-13(19)9-14)5-7-23(11-18)16(24)15-10-27-12-21-15/h2-4,9-10,12,22H,5-8,11H2,1H3,(H,20,25).